The molecule has 0 aromatic heterocycles. The van der Waals surface area contributed by atoms with Gasteiger partial charge in [-0.25, -0.2) is 0 Å². The van der Waals surface area contributed by atoms with E-state index >= 15 is 0 Å². The summed E-state index contributed by atoms with van der Waals surface area (Å²) in [6.45, 7) is 2.07. The topological polar surface area (TPSA) is 29.3 Å². The summed E-state index contributed by atoms with van der Waals surface area (Å²) in [6.07, 6.45) is 4.28. The molecule has 2 unspecified atom stereocenters. The number of nitrogens with two attached hydrogens (primary N) is 1. The SMILES string of the molecule is CSc1ccc(C(CCC(C)N)N(C)C)cc1. The van der Waals surface area contributed by atoms with Crippen LogP contribution in [0.25, 0.3) is 0 Å². The first kappa shape index (κ1) is 14.6. The fourth-order valence-corrected chi connectivity index (χ4v) is 2.38. The van der Waals surface area contributed by atoms with Crippen LogP contribution >= 0.6 is 11.8 Å². The Kier molecular flexibility index (Phi) is 6.03. The molecule has 2 N–H and O–H groups in total. The molecule has 0 spiro atoms. The van der Waals surface area contributed by atoms with Crippen LogP contribution in [0.1, 0.15) is 31.4 Å². The highest BCUT2D eigenvalue weighted by Gasteiger charge is 2.14. The number of hydrogen-bond donors (Lipinski definition) is 1. The second-order valence-corrected chi connectivity index (χ2v) is 5.69. The Balaban J connectivity index is 2.74. The largest absolute Gasteiger partial charge is 0.328 e. The smallest absolute Gasteiger partial charge is 0.0342 e. The summed E-state index contributed by atoms with van der Waals surface area (Å²) in [5.41, 5.74) is 7.23. The van der Waals surface area contributed by atoms with Gasteiger partial charge in [-0.05, 0) is 57.8 Å². The molecule has 0 saturated heterocycles. The average Bonchev–Trinajstić information content (AvgIpc) is 2.29. The van der Waals surface area contributed by atoms with Crippen molar-refractivity contribution in [2.75, 3.05) is 20.4 Å². The number of thioether (sulfide) groups is 1. The van der Waals surface area contributed by atoms with Crippen LogP contribution in [0, 0.1) is 0 Å². The zero-order chi connectivity index (χ0) is 12.8. The molecule has 2 atom stereocenters. The van der Waals surface area contributed by atoms with Crippen molar-refractivity contribution in [2.24, 2.45) is 5.73 Å². The molecule has 96 valence electrons. The predicted octanol–water partition coefficient (Wildman–Crippen LogP) is 3.14. The lowest BCUT2D eigenvalue weighted by atomic mass is 9.99. The van der Waals surface area contributed by atoms with E-state index < -0.39 is 0 Å². The molecule has 1 aromatic rings. The Hall–Kier alpha value is -0.510. The Bertz CT molecular complexity index is 319. The monoisotopic (exact) mass is 252 g/mol. The number of nitrogens with zero attached hydrogens (tertiary/aromatic N) is 1. The molecule has 17 heavy (non-hydrogen) atoms. The van der Waals surface area contributed by atoms with Crippen LogP contribution in [0.2, 0.25) is 0 Å². The van der Waals surface area contributed by atoms with E-state index in [9.17, 15) is 0 Å². The maximum absolute atomic E-state index is 5.84. The number of rotatable bonds is 6. The van der Waals surface area contributed by atoms with Gasteiger partial charge in [-0.15, -0.1) is 11.8 Å². The first-order valence-electron chi connectivity index (χ1n) is 6.10. The van der Waals surface area contributed by atoms with Crippen molar-refractivity contribution >= 4 is 11.8 Å². The third-order valence-corrected chi connectivity index (χ3v) is 3.76. The van der Waals surface area contributed by atoms with Crippen LogP contribution < -0.4 is 5.73 Å². The van der Waals surface area contributed by atoms with Crippen molar-refractivity contribution in [2.45, 2.75) is 36.7 Å². The molecule has 2 nitrogen and oxygen atoms in total. The van der Waals surface area contributed by atoms with E-state index in [4.69, 9.17) is 5.73 Å². The summed E-state index contributed by atoms with van der Waals surface area (Å²) in [4.78, 5) is 3.59. The molecule has 0 saturated carbocycles. The van der Waals surface area contributed by atoms with Crippen molar-refractivity contribution < 1.29 is 0 Å². The van der Waals surface area contributed by atoms with Crippen LogP contribution in [-0.2, 0) is 0 Å². The van der Waals surface area contributed by atoms with Gasteiger partial charge in [-0.2, -0.15) is 0 Å². The molecule has 0 heterocycles. The normalized spacial score (nSPS) is 14.9. The first-order chi connectivity index (χ1) is 8.04. The zero-order valence-corrected chi connectivity index (χ0v) is 12.1. The van der Waals surface area contributed by atoms with Gasteiger partial charge >= 0.3 is 0 Å². The quantitative estimate of drug-likeness (QED) is 0.789. The Morgan fingerprint density at radius 1 is 1.18 bits per heavy atom. The summed E-state index contributed by atoms with van der Waals surface area (Å²) < 4.78 is 0. The van der Waals surface area contributed by atoms with Gasteiger partial charge in [0, 0.05) is 17.0 Å². The van der Waals surface area contributed by atoms with Crippen molar-refractivity contribution in [3.05, 3.63) is 29.8 Å². The molecule has 0 bridgehead atoms. The lowest BCUT2D eigenvalue weighted by Crippen LogP contribution is -2.23. The molecular formula is C14H24N2S. The van der Waals surface area contributed by atoms with Gasteiger partial charge in [-0.3, -0.25) is 0 Å². The molecule has 1 rings (SSSR count). The summed E-state index contributed by atoms with van der Waals surface area (Å²) in [5.74, 6) is 0. The molecule has 0 aliphatic rings. The van der Waals surface area contributed by atoms with E-state index in [1.807, 2.05) is 0 Å². The summed E-state index contributed by atoms with van der Waals surface area (Å²) in [5, 5.41) is 0. The van der Waals surface area contributed by atoms with Crippen molar-refractivity contribution in [3.8, 4) is 0 Å². The van der Waals surface area contributed by atoms with Gasteiger partial charge in [0.2, 0.25) is 0 Å². The minimum Gasteiger partial charge on any atom is -0.328 e. The van der Waals surface area contributed by atoms with E-state index in [1.165, 1.54) is 10.5 Å². The second kappa shape index (κ2) is 7.04. The van der Waals surface area contributed by atoms with E-state index in [0.717, 1.165) is 12.8 Å². The van der Waals surface area contributed by atoms with Gasteiger partial charge in [0.1, 0.15) is 0 Å². The molecule has 3 heteroatoms. The highest BCUT2D eigenvalue weighted by molar-refractivity contribution is 7.98. The van der Waals surface area contributed by atoms with Crippen LogP contribution in [0.3, 0.4) is 0 Å². The third-order valence-electron chi connectivity index (χ3n) is 3.02. The number of hydrogen-bond acceptors (Lipinski definition) is 3. The highest BCUT2D eigenvalue weighted by atomic mass is 32.2. The van der Waals surface area contributed by atoms with E-state index in [0.29, 0.717) is 6.04 Å². The van der Waals surface area contributed by atoms with Gasteiger partial charge in [0.25, 0.3) is 0 Å². The zero-order valence-electron chi connectivity index (χ0n) is 11.3. The van der Waals surface area contributed by atoms with Crippen molar-refractivity contribution in [1.82, 2.24) is 4.90 Å². The summed E-state index contributed by atoms with van der Waals surface area (Å²) >= 11 is 1.78. The van der Waals surface area contributed by atoms with Crippen molar-refractivity contribution in [1.29, 1.82) is 0 Å². The van der Waals surface area contributed by atoms with Gasteiger partial charge in [-0.1, -0.05) is 12.1 Å². The standard InChI is InChI=1S/C14H24N2S/c1-11(15)5-10-14(16(2)3)12-6-8-13(17-4)9-7-12/h6-9,11,14H,5,10,15H2,1-4H3. The number of benzene rings is 1. The average molecular weight is 252 g/mol. The van der Waals surface area contributed by atoms with Crippen LogP contribution in [0.5, 0.6) is 0 Å². The lowest BCUT2D eigenvalue weighted by molar-refractivity contribution is 0.275. The molecule has 0 aliphatic carbocycles. The fourth-order valence-electron chi connectivity index (χ4n) is 1.97. The second-order valence-electron chi connectivity index (χ2n) is 4.81. The molecule has 0 aliphatic heterocycles. The minimum atomic E-state index is 0.280. The predicted molar refractivity (Wildman–Crippen MR) is 77.5 cm³/mol. The minimum absolute atomic E-state index is 0.280. The van der Waals surface area contributed by atoms with Gasteiger partial charge < -0.3 is 10.6 Å². The van der Waals surface area contributed by atoms with Gasteiger partial charge in [0.05, 0.1) is 0 Å². The maximum Gasteiger partial charge on any atom is 0.0342 e. The fraction of sp³-hybridized carbons (Fsp3) is 0.571. The molecule has 1 aromatic carbocycles. The Morgan fingerprint density at radius 2 is 1.76 bits per heavy atom. The molecule has 0 radical (unpaired) electrons. The summed E-state index contributed by atoms with van der Waals surface area (Å²) in [7, 11) is 4.27. The molecular weight excluding hydrogens is 228 g/mol. The van der Waals surface area contributed by atoms with Crippen LogP contribution in [-0.4, -0.2) is 31.3 Å². The van der Waals surface area contributed by atoms with Gasteiger partial charge in [0.15, 0.2) is 0 Å². The third kappa shape index (κ3) is 4.70. The van der Waals surface area contributed by atoms with Crippen molar-refractivity contribution in [3.63, 3.8) is 0 Å². The molecule has 0 amide bonds. The first-order valence-corrected chi connectivity index (χ1v) is 7.33. The van der Waals surface area contributed by atoms with E-state index in [-0.39, 0.29) is 6.04 Å². The lowest BCUT2D eigenvalue weighted by Gasteiger charge is -2.25. The van der Waals surface area contributed by atoms with Crippen LogP contribution in [0.15, 0.2) is 29.2 Å². The van der Waals surface area contributed by atoms with Crippen LogP contribution in [0.4, 0.5) is 0 Å². The van der Waals surface area contributed by atoms with E-state index in [1.54, 1.807) is 11.8 Å². The Labute approximate surface area is 110 Å². The Morgan fingerprint density at radius 3 is 2.18 bits per heavy atom. The highest BCUT2D eigenvalue weighted by Crippen LogP contribution is 2.26. The maximum atomic E-state index is 5.84. The summed E-state index contributed by atoms with van der Waals surface area (Å²) in [6, 6.07) is 9.61. The van der Waals surface area contributed by atoms with E-state index in [2.05, 4.69) is 56.4 Å². The molecule has 0 fully saturated rings.